The highest BCUT2D eigenvalue weighted by Gasteiger charge is 2.12. The van der Waals surface area contributed by atoms with Crippen molar-refractivity contribution in [2.45, 2.75) is 40.0 Å². The Hall–Kier alpha value is -2.70. The number of methoxy groups -OCH3 is 1. The van der Waals surface area contributed by atoms with Gasteiger partial charge < -0.3 is 14.8 Å². The summed E-state index contributed by atoms with van der Waals surface area (Å²) < 4.78 is 6.15. The Morgan fingerprint density at radius 2 is 1.61 bits per heavy atom. The number of benzene rings is 1. The van der Waals surface area contributed by atoms with Crippen molar-refractivity contribution >= 4 is 24.1 Å². The Bertz CT molecular complexity index is 887. The van der Waals surface area contributed by atoms with Crippen molar-refractivity contribution in [1.29, 1.82) is 0 Å². The standard InChI is InChI=1S/C11H16.C10H11ClN4.C2H6O.CH2O/c1-9-5-7-10(8-6-9)11(2,3)4;1-7-13-3-4-15(7)10-9(12-2)5-8(11)6-14-10;1-3-2;1-2/h5-8H,1-4H3;3-6,12H,1-2H3;1-2H3;1H2. The molecule has 0 saturated heterocycles. The van der Waals surface area contributed by atoms with E-state index >= 15 is 0 Å². The SMILES string of the molecule is C=O.CNc1cc(Cl)cnc1-n1ccnc1C.COC.Cc1ccc(C(C)(C)C)cc1. The lowest BCUT2D eigenvalue weighted by Crippen LogP contribution is -2.10. The molecule has 0 spiro atoms. The third-order valence-electron chi connectivity index (χ3n) is 4.07. The van der Waals surface area contributed by atoms with Gasteiger partial charge in [-0.1, -0.05) is 62.2 Å². The minimum atomic E-state index is 0.285. The van der Waals surface area contributed by atoms with Gasteiger partial charge in [-0.2, -0.15) is 0 Å². The second-order valence-electron chi connectivity index (χ2n) is 7.64. The second kappa shape index (κ2) is 14.3. The van der Waals surface area contributed by atoms with Gasteiger partial charge in [0.1, 0.15) is 12.6 Å². The van der Waals surface area contributed by atoms with E-state index in [0.29, 0.717) is 5.02 Å². The van der Waals surface area contributed by atoms with Gasteiger partial charge in [-0.25, -0.2) is 9.97 Å². The van der Waals surface area contributed by atoms with Gasteiger partial charge in [-0.3, -0.25) is 4.57 Å². The van der Waals surface area contributed by atoms with Crippen LogP contribution in [0, 0.1) is 13.8 Å². The number of hydrogen-bond acceptors (Lipinski definition) is 5. The van der Waals surface area contributed by atoms with Gasteiger partial charge in [0.25, 0.3) is 0 Å². The number of pyridine rings is 1. The maximum absolute atomic E-state index is 8.00. The molecule has 0 bridgehead atoms. The third kappa shape index (κ3) is 9.77. The summed E-state index contributed by atoms with van der Waals surface area (Å²) in [6, 6.07) is 10.6. The monoisotopic (exact) mass is 446 g/mol. The second-order valence-corrected chi connectivity index (χ2v) is 8.08. The Morgan fingerprint density at radius 3 is 2.03 bits per heavy atom. The van der Waals surface area contributed by atoms with E-state index in [-0.39, 0.29) is 5.41 Å². The molecule has 0 saturated carbocycles. The van der Waals surface area contributed by atoms with Crippen LogP contribution in [0.5, 0.6) is 0 Å². The summed E-state index contributed by atoms with van der Waals surface area (Å²) in [5.41, 5.74) is 3.90. The van der Waals surface area contributed by atoms with Crippen molar-refractivity contribution in [3.63, 3.8) is 0 Å². The molecule has 2 aromatic heterocycles. The molecule has 0 aliphatic rings. The predicted molar refractivity (Wildman–Crippen MR) is 131 cm³/mol. The Kier molecular flexibility index (Phi) is 13.1. The summed E-state index contributed by atoms with van der Waals surface area (Å²) in [4.78, 5) is 16.4. The van der Waals surface area contributed by atoms with Crippen LogP contribution in [-0.2, 0) is 14.9 Å². The smallest absolute Gasteiger partial charge is 0.161 e. The molecule has 0 unspecified atom stereocenters. The molecular weight excluding hydrogens is 412 g/mol. The number of rotatable bonds is 2. The average molecular weight is 447 g/mol. The highest BCUT2D eigenvalue weighted by molar-refractivity contribution is 6.30. The number of nitrogens with one attached hydrogen (secondary N) is 1. The molecular formula is C24H35ClN4O2. The minimum Gasteiger partial charge on any atom is -0.388 e. The lowest BCUT2D eigenvalue weighted by atomic mass is 9.87. The molecule has 3 aromatic rings. The lowest BCUT2D eigenvalue weighted by molar-refractivity contribution is -0.0979. The molecule has 1 N–H and O–H groups in total. The van der Waals surface area contributed by atoms with E-state index in [1.54, 1.807) is 26.6 Å². The van der Waals surface area contributed by atoms with E-state index in [9.17, 15) is 0 Å². The predicted octanol–water partition coefficient (Wildman–Crippen LogP) is 5.64. The van der Waals surface area contributed by atoms with Crippen LogP contribution in [-0.4, -0.2) is 42.6 Å². The highest BCUT2D eigenvalue weighted by Crippen LogP contribution is 2.22. The molecule has 0 fully saturated rings. The highest BCUT2D eigenvalue weighted by atomic mass is 35.5. The van der Waals surface area contributed by atoms with Gasteiger partial charge in [-0.15, -0.1) is 0 Å². The zero-order valence-electron chi connectivity index (χ0n) is 19.9. The summed E-state index contributed by atoms with van der Waals surface area (Å²) in [5, 5.41) is 3.67. The number of anilines is 1. The first-order valence-corrected chi connectivity index (χ1v) is 10.1. The van der Waals surface area contributed by atoms with Gasteiger partial charge in [0.2, 0.25) is 0 Å². The molecule has 0 aliphatic heterocycles. The number of halogens is 1. The molecule has 170 valence electrons. The Balaban J connectivity index is 0.000000497. The fraction of sp³-hybridized carbons (Fsp3) is 0.375. The molecule has 0 atom stereocenters. The summed E-state index contributed by atoms with van der Waals surface area (Å²) in [6.07, 6.45) is 5.23. The maximum atomic E-state index is 8.00. The zero-order chi connectivity index (χ0) is 24.0. The van der Waals surface area contributed by atoms with Crippen LogP contribution < -0.4 is 5.32 Å². The van der Waals surface area contributed by atoms with E-state index in [1.165, 1.54) is 11.1 Å². The number of hydrogen-bond donors (Lipinski definition) is 1. The molecule has 3 rings (SSSR count). The van der Waals surface area contributed by atoms with Crippen molar-refractivity contribution < 1.29 is 9.53 Å². The molecule has 0 amide bonds. The topological polar surface area (TPSA) is 69.0 Å². The molecule has 6 nitrogen and oxygen atoms in total. The molecule has 0 aliphatic carbocycles. The van der Waals surface area contributed by atoms with Crippen LogP contribution in [0.2, 0.25) is 5.02 Å². The van der Waals surface area contributed by atoms with E-state index in [0.717, 1.165) is 17.3 Å². The van der Waals surface area contributed by atoms with Crippen LogP contribution in [0.15, 0.2) is 48.9 Å². The largest absolute Gasteiger partial charge is 0.388 e. The lowest BCUT2D eigenvalue weighted by Gasteiger charge is -2.18. The van der Waals surface area contributed by atoms with Crippen LogP contribution in [0.4, 0.5) is 5.69 Å². The van der Waals surface area contributed by atoms with Crippen LogP contribution in [0.25, 0.3) is 5.82 Å². The first-order chi connectivity index (χ1) is 14.6. The average Bonchev–Trinajstić information content (AvgIpc) is 3.16. The molecule has 31 heavy (non-hydrogen) atoms. The van der Waals surface area contributed by atoms with Gasteiger partial charge in [0.05, 0.1) is 10.7 Å². The summed E-state index contributed by atoms with van der Waals surface area (Å²) >= 11 is 5.87. The Labute approximate surface area is 191 Å². The van der Waals surface area contributed by atoms with E-state index < -0.39 is 0 Å². The van der Waals surface area contributed by atoms with E-state index in [2.05, 4.69) is 72.0 Å². The molecule has 1 aromatic carbocycles. The van der Waals surface area contributed by atoms with Crippen molar-refractivity contribution in [3.05, 3.63) is 70.9 Å². The normalized spacial score (nSPS) is 9.84. The number of imidazole rings is 1. The molecule has 2 heterocycles. The van der Waals surface area contributed by atoms with E-state index in [4.69, 9.17) is 16.4 Å². The van der Waals surface area contributed by atoms with Crippen LogP contribution >= 0.6 is 11.6 Å². The van der Waals surface area contributed by atoms with Crippen molar-refractivity contribution in [2.75, 3.05) is 26.6 Å². The number of carbonyl (C=O) groups is 1. The van der Waals surface area contributed by atoms with E-state index in [1.807, 2.05) is 37.6 Å². The summed E-state index contributed by atoms with van der Waals surface area (Å²) in [6.45, 7) is 12.7. The maximum Gasteiger partial charge on any atom is 0.161 e. The minimum absolute atomic E-state index is 0.285. The number of carbonyl (C=O) groups excluding carboxylic acids is 1. The van der Waals surface area contributed by atoms with Crippen LogP contribution in [0.3, 0.4) is 0 Å². The third-order valence-corrected chi connectivity index (χ3v) is 4.28. The first-order valence-electron chi connectivity index (χ1n) is 9.73. The van der Waals surface area contributed by atoms with Crippen molar-refractivity contribution in [2.24, 2.45) is 0 Å². The van der Waals surface area contributed by atoms with Crippen LogP contribution in [0.1, 0.15) is 37.7 Å². The number of aromatic nitrogens is 3. The molecule has 0 radical (unpaired) electrons. The summed E-state index contributed by atoms with van der Waals surface area (Å²) in [5.74, 6) is 1.69. The van der Waals surface area contributed by atoms with Gasteiger partial charge in [0, 0.05) is 39.9 Å². The number of nitrogens with zero attached hydrogens (tertiary/aromatic N) is 3. The van der Waals surface area contributed by atoms with Gasteiger partial charge >= 0.3 is 0 Å². The van der Waals surface area contributed by atoms with Crippen molar-refractivity contribution in [1.82, 2.24) is 14.5 Å². The number of ether oxygens (including phenoxy) is 1. The summed E-state index contributed by atoms with van der Waals surface area (Å²) in [7, 11) is 5.09. The Morgan fingerprint density at radius 1 is 1.06 bits per heavy atom. The quantitative estimate of drug-likeness (QED) is 0.551. The molecule has 7 heteroatoms. The zero-order valence-corrected chi connectivity index (χ0v) is 20.6. The van der Waals surface area contributed by atoms with Crippen molar-refractivity contribution in [3.8, 4) is 5.82 Å². The van der Waals surface area contributed by atoms with Gasteiger partial charge in [-0.05, 0) is 30.9 Å². The van der Waals surface area contributed by atoms with Gasteiger partial charge in [0.15, 0.2) is 5.82 Å². The first kappa shape index (κ1) is 28.3. The number of aryl methyl sites for hydroxylation is 2. The fourth-order valence-electron chi connectivity index (χ4n) is 2.46. The fourth-order valence-corrected chi connectivity index (χ4v) is 2.62.